The normalized spacial score (nSPS) is 24.1. The van der Waals surface area contributed by atoms with Crippen LogP contribution in [0.2, 0.25) is 0 Å². The van der Waals surface area contributed by atoms with Gasteiger partial charge in [0, 0.05) is 28.8 Å². The SMILES string of the molecule is C[C@@H]1C[C@@H](C)CN(C(=O)c2ccc(Br)c(N)c2)C1. The van der Waals surface area contributed by atoms with E-state index >= 15 is 0 Å². The second-order valence-corrected chi connectivity index (χ2v) is 6.25. The molecule has 18 heavy (non-hydrogen) atoms. The Bertz CT molecular complexity index is 451. The van der Waals surface area contributed by atoms with Crippen LogP contribution in [0, 0.1) is 11.8 Å². The van der Waals surface area contributed by atoms with Gasteiger partial charge >= 0.3 is 0 Å². The first kappa shape index (κ1) is 13.4. The lowest BCUT2D eigenvalue weighted by Crippen LogP contribution is -2.42. The Kier molecular flexibility index (Phi) is 3.95. The lowest BCUT2D eigenvalue weighted by Gasteiger charge is -2.35. The fraction of sp³-hybridized carbons (Fsp3) is 0.500. The Morgan fingerprint density at radius 1 is 1.33 bits per heavy atom. The van der Waals surface area contributed by atoms with Crippen molar-refractivity contribution in [1.29, 1.82) is 0 Å². The van der Waals surface area contributed by atoms with Crippen molar-refractivity contribution in [1.82, 2.24) is 4.90 Å². The molecular weight excluding hydrogens is 292 g/mol. The van der Waals surface area contributed by atoms with Crippen LogP contribution >= 0.6 is 15.9 Å². The molecule has 1 amide bonds. The summed E-state index contributed by atoms with van der Waals surface area (Å²) in [6, 6.07) is 5.41. The molecule has 0 bridgehead atoms. The zero-order valence-electron chi connectivity index (χ0n) is 10.8. The summed E-state index contributed by atoms with van der Waals surface area (Å²) in [6.45, 7) is 6.09. The molecule has 1 aliphatic heterocycles. The van der Waals surface area contributed by atoms with Crippen molar-refractivity contribution in [2.75, 3.05) is 18.8 Å². The highest BCUT2D eigenvalue weighted by Crippen LogP contribution is 2.25. The molecule has 0 aliphatic carbocycles. The summed E-state index contributed by atoms with van der Waals surface area (Å²) in [5.74, 6) is 1.24. The van der Waals surface area contributed by atoms with Gasteiger partial charge in [-0.1, -0.05) is 13.8 Å². The van der Waals surface area contributed by atoms with Gasteiger partial charge in [-0.2, -0.15) is 0 Å². The number of hydrogen-bond acceptors (Lipinski definition) is 2. The summed E-state index contributed by atoms with van der Waals surface area (Å²) in [5.41, 5.74) is 7.11. The molecule has 1 fully saturated rings. The molecule has 2 rings (SSSR count). The van der Waals surface area contributed by atoms with Crippen molar-refractivity contribution in [2.45, 2.75) is 20.3 Å². The summed E-state index contributed by atoms with van der Waals surface area (Å²) in [6.07, 6.45) is 1.20. The number of nitrogen functional groups attached to an aromatic ring is 1. The van der Waals surface area contributed by atoms with Crippen molar-refractivity contribution >= 4 is 27.5 Å². The van der Waals surface area contributed by atoms with Crippen molar-refractivity contribution in [2.24, 2.45) is 11.8 Å². The van der Waals surface area contributed by atoms with E-state index < -0.39 is 0 Å². The maximum absolute atomic E-state index is 12.4. The number of piperidine rings is 1. The third kappa shape index (κ3) is 2.86. The Morgan fingerprint density at radius 2 is 1.94 bits per heavy atom. The van der Waals surface area contributed by atoms with E-state index in [9.17, 15) is 4.79 Å². The summed E-state index contributed by atoms with van der Waals surface area (Å²) < 4.78 is 0.833. The van der Waals surface area contributed by atoms with Crippen molar-refractivity contribution in [3.8, 4) is 0 Å². The molecule has 0 unspecified atom stereocenters. The molecule has 4 heteroatoms. The van der Waals surface area contributed by atoms with Crippen molar-refractivity contribution < 1.29 is 4.79 Å². The number of benzene rings is 1. The van der Waals surface area contributed by atoms with E-state index in [-0.39, 0.29) is 5.91 Å². The Hall–Kier alpha value is -1.03. The smallest absolute Gasteiger partial charge is 0.253 e. The van der Waals surface area contributed by atoms with Gasteiger partial charge in [0.2, 0.25) is 0 Å². The van der Waals surface area contributed by atoms with Gasteiger partial charge in [0.05, 0.1) is 0 Å². The number of halogens is 1. The topological polar surface area (TPSA) is 46.3 Å². The van der Waals surface area contributed by atoms with Crippen molar-refractivity contribution in [3.63, 3.8) is 0 Å². The first-order valence-electron chi connectivity index (χ1n) is 6.31. The van der Waals surface area contributed by atoms with Crippen LogP contribution in [0.4, 0.5) is 5.69 Å². The number of rotatable bonds is 1. The van der Waals surface area contributed by atoms with Crippen LogP contribution in [0.15, 0.2) is 22.7 Å². The predicted molar refractivity (Wildman–Crippen MR) is 77.4 cm³/mol. The molecule has 98 valence electrons. The first-order valence-corrected chi connectivity index (χ1v) is 7.11. The zero-order valence-corrected chi connectivity index (χ0v) is 12.4. The standard InChI is InChI=1S/C14H19BrN2O/c1-9-5-10(2)8-17(7-9)14(18)11-3-4-12(15)13(16)6-11/h3-4,6,9-10H,5,7-8,16H2,1-2H3/t9-,10-/m1/s1. The number of anilines is 1. The first-order chi connectivity index (χ1) is 8.47. The number of carbonyl (C=O) groups is 1. The highest BCUT2D eigenvalue weighted by Gasteiger charge is 2.26. The highest BCUT2D eigenvalue weighted by atomic mass is 79.9. The monoisotopic (exact) mass is 310 g/mol. The summed E-state index contributed by atoms with van der Waals surface area (Å²) in [5, 5.41) is 0. The number of carbonyl (C=O) groups excluding carboxylic acids is 1. The molecule has 1 aromatic carbocycles. The molecule has 1 aromatic rings. The minimum Gasteiger partial charge on any atom is -0.398 e. The number of nitrogens with two attached hydrogens (primary N) is 1. The average molecular weight is 311 g/mol. The van der Waals surface area contributed by atoms with Crippen LogP contribution in [-0.4, -0.2) is 23.9 Å². The van der Waals surface area contributed by atoms with Gasteiger partial charge in [-0.15, -0.1) is 0 Å². The van der Waals surface area contributed by atoms with Gasteiger partial charge in [-0.05, 0) is 52.4 Å². The molecule has 1 aliphatic rings. The number of likely N-dealkylation sites (tertiary alicyclic amines) is 1. The quantitative estimate of drug-likeness (QED) is 0.810. The number of amides is 1. The number of hydrogen-bond donors (Lipinski definition) is 1. The van der Waals surface area contributed by atoms with E-state index in [1.54, 1.807) is 6.07 Å². The van der Waals surface area contributed by atoms with Gasteiger partial charge in [0.15, 0.2) is 0 Å². The third-order valence-electron chi connectivity index (χ3n) is 3.40. The van der Waals surface area contributed by atoms with E-state index in [4.69, 9.17) is 5.73 Å². The zero-order chi connectivity index (χ0) is 13.3. The maximum atomic E-state index is 12.4. The van der Waals surface area contributed by atoms with Crippen LogP contribution in [0.5, 0.6) is 0 Å². The predicted octanol–water partition coefficient (Wildman–Crippen LogP) is 3.15. The molecule has 2 N–H and O–H groups in total. The summed E-state index contributed by atoms with van der Waals surface area (Å²) in [7, 11) is 0. The van der Waals surface area contributed by atoms with Gasteiger partial charge in [0.25, 0.3) is 5.91 Å². The van der Waals surface area contributed by atoms with E-state index in [1.807, 2.05) is 17.0 Å². The van der Waals surface area contributed by atoms with E-state index in [1.165, 1.54) is 6.42 Å². The minimum atomic E-state index is 0.0904. The fourth-order valence-electron chi connectivity index (χ4n) is 2.69. The maximum Gasteiger partial charge on any atom is 0.253 e. The van der Waals surface area contributed by atoms with Gasteiger partial charge in [-0.3, -0.25) is 4.79 Å². The summed E-state index contributed by atoms with van der Waals surface area (Å²) >= 11 is 3.34. The molecular formula is C14H19BrN2O. The second-order valence-electron chi connectivity index (χ2n) is 5.39. The van der Waals surface area contributed by atoms with Gasteiger partial charge in [0.1, 0.15) is 0 Å². The van der Waals surface area contributed by atoms with Crippen LogP contribution in [0.1, 0.15) is 30.6 Å². The molecule has 1 saturated heterocycles. The minimum absolute atomic E-state index is 0.0904. The van der Waals surface area contributed by atoms with Gasteiger partial charge < -0.3 is 10.6 Å². The molecule has 0 aromatic heterocycles. The molecule has 3 nitrogen and oxygen atoms in total. The van der Waals surface area contributed by atoms with Crippen LogP contribution in [0.25, 0.3) is 0 Å². The van der Waals surface area contributed by atoms with Crippen LogP contribution in [0.3, 0.4) is 0 Å². The molecule has 0 spiro atoms. The lowest BCUT2D eigenvalue weighted by atomic mass is 9.91. The second kappa shape index (κ2) is 5.31. The Balaban J connectivity index is 2.17. The summed E-state index contributed by atoms with van der Waals surface area (Å²) in [4.78, 5) is 14.4. The number of nitrogens with zero attached hydrogens (tertiary/aromatic N) is 1. The fourth-order valence-corrected chi connectivity index (χ4v) is 2.93. The average Bonchev–Trinajstić information content (AvgIpc) is 2.30. The van der Waals surface area contributed by atoms with Crippen LogP contribution < -0.4 is 5.73 Å². The lowest BCUT2D eigenvalue weighted by molar-refractivity contribution is 0.0623. The van der Waals surface area contributed by atoms with Crippen molar-refractivity contribution in [3.05, 3.63) is 28.2 Å². The van der Waals surface area contributed by atoms with Crippen LogP contribution in [-0.2, 0) is 0 Å². The Morgan fingerprint density at radius 3 is 2.50 bits per heavy atom. The molecule has 1 heterocycles. The third-order valence-corrected chi connectivity index (χ3v) is 4.12. The van der Waals surface area contributed by atoms with E-state index in [0.717, 1.165) is 17.6 Å². The molecule has 0 radical (unpaired) electrons. The van der Waals surface area contributed by atoms with E-state index in [0.29, 0.717) is 23.1 Å². The molecule has 0 saturated carbocycles. The largest absolute Gasteiger partial charge is 0.398 e. The van der Waals surface area contributed by atoms with E-state index in [2.05, 4.69) is 29.8 Å². The highest BCUT2D eigenvalue weighted by molar-refractivity contribution is 9.10. The van der Waals surface area contributed by atoms with Gasteiger partial charge in [-0.25, -0.2) is 0 Å². The Labute approximate surface area is 116 Å². The molecule has 2 atom stereocenters.